The average Bonchev–Trinajstić information content (AvgIpc) is 3.25. The molecule has 0 aromatic carbocycles. The Kier molecular flexibility index (Phi) is 6.40. The number of carboxylic acids is 1. The topological polar surface area (TPSA) is 214 Å². The molecule has 1 saturated heterocycles. The summed E-state index contributed by atoms with van der Waals surface area (Å²) in [5.74, 6) is -2.57. The number of aliphatic carboxylic acids is 1. The fourth-order valence-corrected chi connectivity index (χ4v) is 3.87. The molecule has 0 aliphatic carbocycles. The highest BCUT2D eigenvalue weighted by molar-refractivity contribution is 5.88. The van der Waals surface area contributed by atoms with Gasteiger partial charge in [0.15, 0.2) is 16.9 Å². The summed E-state index contributed by atoms with van der Waals surface area (Å²) in [4.78, 5) is 46.8. The largest absolute Gasteiger partial charge is 0.481 e. The summed E-state index contributed by atoms with van der Waals surface area (Å²) in [7, 11) is 0. The first-order valence-electron chi connectivity index (χ1n) is 9.81. The number of carbonyl (C=O) groups excluding carboxylic acids is 1. The van der Waals surface area contributed by atoms with Crippen LogP contribution in [0.2, 0.25) is 0 Å². The highest BCUT2D eigenvalue weighted by Crippen LogP contribution is 2.39. The highest BCUT2D eigenvalue weighted by atomic mass is 16.6. The smallest absolute Gasteiger partial charge is 0.306 e. The van der Waals surface area contributed by atoms with Crippen molar-refractivity contribution in [1.82, 2.24) is 19.5 Å². The van der Waals surface area contributed by atoms with Crippen LogP contribution < -0.4 is 11.3 Å². The van der Waals surface area contributed by atoms with Crippen LogP contribution in [-0.2, 0) is 20.1 Å². The first kappa shape index (κ1) is 22.8. The molecule has 0 amide bonds. The zero-order valence-electron chi connectivity index (χ0n) is 16.8. The van der Waals surface area contributed by atoms with E-state index < -0.39 is 53.9 Å². The number of H-pyrrole nitrogens is 1. The lowest BCUT2D eigenvalue weighted by molar-refractivity contribution is -0.174. The van der Waals surface area contributed by atoms with E-state index in [4.69, 9.17) is 10.5 Å². The molecule has 1 aliphatic heterocycles. The minimum atomic E-state index is -2.24. The molecule has 3 rings (SSSR count). The number of aromatic amines is 1. The second-order valence-corrected chi connectivity index (χ2v) is 7.47. The Morgan fingerprint density at radius 3 is 2.71 bits per heavy atom. The maximum atomic E-state index is 13.3. The van der Waals surface area contributed by atoms with Gasteiger partial charge in [0.2, 0.25) is 11.7 Å². The Hall–Kier alpha value is -2.87. The van der Waals surface area contributed by atoms with E-state index in [-0.39, 0.29) is 36.4 Å². The normalized spacial score (nSPS) is 26.9. The maximum absolute atomic E-state index is 13.3. The van der Waals surface area contributed by atoms with Crippen LogP contribution in [0.15, 0.2) is 11.1 Å². The SMILES string of the molecule is CCC(CCCC(=O)[C@@]1(n2cnc3c(=O)[nH]c(N)nc32)O[C@H](CO)[C@@H](O)[C@H]1O)C(=O)O. The molecule has 0 saturated carbocycles. The van der Waals surface area contributed by atoms with Gasteiger partial charge in [0.25, 0.3) is 5.56 Å². The summed E-state index contributed by atoms with van der Waals surface area (Å²) in [6, 6.07) is 0. The van der Waals surface area contributed by atoms with Gasteiger partial charge in [-0.25, -0.2) is 4.98 Å². The number of carbonyl (C=O) groups is 2. The van der Waals surface area contributed by atoms with Gasteiger partial charge in [0.1, 0.15) is 24.6 Å². The molecule has 0 spiro atoms. The van der Waals surface area contributed by atoms with Gasteiger partial charge in [-0.15, -0.1) is 0 Å². The van der Waals surface area contributed by atoms with Crippen LogP contribution >= 0.6 is 0 Å². The van der Waals surface area contributed by atoms with Crippen molar-refractivity contribution < 1.29 is 34.8 Å². The molecule has 7 N–H and O–H groups in total. The third kappa shape index (κ3) is 3.80. The highest BCUT2D eigenvalue weighted by Gasteiger charge is 2.60. The molecule has 13 nitrogen and oxygen atoms in total. The van der Waals surface area contributed by atoms with Gasteiger partial charge in [-0.3, -0.25) is 23.9 Å². The number of nitrogens with two attached hydrogens (primary N) is 1. The molecule has 170 valence electrons. The number of anilines is 1. The number of hydrogen-bond acceptors (Lipinski definition) is 10. The molecule has 1 unspecified atom stereocenters. The number of ether oxygens (including phenoxy) is 1. The summed E-state index contributed by atoms with van der Waals surface area (Å²) in [6.45, 7) is 1.03. The van der Waals surface area contributed by atoms with Crippen LogP contribution in [0.25, 0.3) is 11.2 Å². The Morgan fingerprint density at radius 2 is 2.13 bits per heavy atom. The van der Waals surface area contributed by atoms with Crippen molar-refractivity contribution in [3.05, 3.63) is 16.7 Å². The second kappa shape index (κ2) is 8.70. The average molecular weight is 439 g/mol. The van der Waals surface area contributed by atoms with Gasteiger partial charge in [-0.05, 0) is 19.3 Å². The fraction of sp³-hybridized carbons (Fsp3) is 0.611. The van der Waals surface area contributed by atoms with E-state index in [1.807, 2.05) is 0 Å². The molecular formula is C18H25N5O8. The standard InChI is InChI=1S/C18H25N5O8/c1-2-8(16(29)30)4-3-5-10(25)18(13(27)12(26)9(6-24)31-18)23-7-20-11-14(23)21-17(19)22-15(11)28/h7-9,12-13,24,26-27H,2-6H2,1H3,(H,29,30)(H3,19,21,22,28)/t8?,9-,12-,13-,18-/m1/s1. The Balaban J connectivity index is 2.03. The minimum Gasteiger partial charge on any atom is -0.481 e. The molecule has 0 bridgehead atoms. The number of aliphatic hydroxyl groups excluding tert-OH is 3. The van der Waals surface area contributed by atoms with Crippen molar-refractivity contribution in [2.24, 2.45) is 5.92 Å². The van der Waals surface area contributed by atoms with E-state index in [0.717, 1.165) is 10.9 Å². The van der Waals surface area contributed by atoms with Crippen molar-refractivity contribution in [2.45, 2.75) is 56.6 Å². The lowest BCUT2D eigenvalue weighted by Crippen LogP contribution is -2.51. The number of Topliss-reactive ketones (excluding diaryl/α,β-unsaturated/α-hetero) is 1. The number of aliphatic hydroxyl groups is 3. The maximum Gasteiger partial charge on any atom is 0.306 e. The molecule has 0 radical (unpaired) electrons. The zero-order valence-corrected chi connectivity index (χ0v) is 16.8. The molecular weight excluding hydrogens is 414 g/mol. The third-order valence-electron chi connectivity index (χ3n) is 5.60. The number of rotatable bonds is 9. The predicted molar refractivity (Wildman–Crippen MR) is 105 cm³/mol. The van der Waals surface area contributed by atoms with E-state index in [2.05, 4.69) is 15.0 Å². The van der Waals surface area contributed by atoms with E-state index in [9.17, 15) is 34.8 Å². The van der Waals surface area contributed by atoms with Crippen LogP contribution in [0.5, 0.6) is 0 Å². The number of carboxylic acid groups (broad SMARTS) is 1. The molecule has 1 aliphatic rings. The van der Waals surface area contributed by atoms with Crippen LogP contribution in [0, 0.1) is 5.92 Å². The summed E-state index contributed by atoms with van der Waals surface area (Å²) < 4.78 is 6.68. The molecule has 2 aromatic heterocycles. The summed E-state index contributed by atoms with van der Waals surface area (Å²) >= 11 is 0. The number of aromatic nitrogens is 4. The lowest BCUT2D eigenvalue weighted by atomic mass is 9.92. The van der Waals surface area contributed by atoms with E-state index in [0.29, 0.717) is 6.42 Å². The quantitative estimate of drug-likeness (QED) is 0.259. The third-order valence-corrected chi connectivity index (χ3v) is 5.60. The fourth-order valence-electron chi connectivity index (χ4n) is 3.87. The monoisotopic (exact) mass is 439 g/mol. The number of nitrogen functional groups attached to an aromatic ring is 1. The van der Waals surface area contributed by atoms with Crippen molar-refractivity contribution in [3.8, 4) is 0 Å². The summed E-state index contributed by atoms with van der Waals surface area (Å²) in [5, 5.41) is 39.8. The van der Waals surface area contributed by atoms with E-state index in [1.54, 1.807) is 6.92 Å². The molecule has 1 fully saturated rings. The number of nitrogens with one attached hydrogen (secondary N) is 1. The molecule has 3 heterocycles. The van der Waals surface area contributed by atoms with Gasteiger partial charge in [-0.1, -0.05) is 6.92 Å². The number of hydrogen-bond donors (Lipinski definition) is 6. The van der Waals surface area contributed by atoms with Crippen LogP contribution in [0.1, 0.15) is 32.6 Å². The van der Waals surface area contributed by atoms with Crippen molar-refractivity contribution in [2.75, 3.05) is 12.3 Å². The van der Waals surface area contributed by atoms with Gasteiger partial charge in [-0.2, -0.15) is 4.98 Å². The predicted octanol–water partition coefficient (Wildman–Crippen LogP) is -1.68. The number of ketones is 1. The van der Waals surface area contributed by atoms with E-state index in [1.165, 1.54) is 0 Å². The molecule has 31 heavy (non-hydrogen) atoms. The Bertz CT molecular complexity index is 1040. The van der Waals surface area contributed by atoms with Crippen LogP contribution in [-0.4, -0.2) is 76.6 Å². The Morgan fingerprint density at radius 1 is 1.42 bits per heavy atom. The Labute approximate surface area is 175 Å². The number of nitrogens with zero attached hydrogens (tertiary/aromatic N) is 3. The van der Waals surface area contributed by atoms with Crippen LogP contribution in [0.3, 0.4) is 0 Å². The van der Waals surface area contributed by atoms with Crippen molar-refractivity contribution in [1.29, 1.82) is 0 Å². The van der Waals surface area contributed by atoms with Gasteiger partial charge in [0, 0.05) is 6.42 Å². The molecule has 2 aromatic rings. The van der Waals surface area contributed by atoms with Gasteiger partial charge in [0.05, 0.1) is 12.5 Å². The van der Waals surface area contributed by atoms with E-state index >= 15 is 0 Å². The van der Waals surface area contributed by atoms with Crippen molar-refractivity contribution >= 4 is 28.9 Å². The zero-order chi connectivity index (χ0) is 22.9. The van der Waals surface area contributed by atoms with Crippen LogP contribution in [0.4, 0.5) is 5.95 Å². The van der Waals surface area contributed by atoms with Gasteiger partial charge < -0.3 is 30.9 Å². The molecule has 5 atom stereocenters. The number of imidazole rings is 1. The summed E-state index contributed by atoms with van der Waals surface area (Å²) in [5.41, 5.74) is 2.36. The van der Waals surface area contributed by atoms with Gasteiger partial charge >= 0.3 is 5.97 Å². The second-order valence-electron chi connectivity index (χ2n) is 7.47. The molecule has 13 heteroatoms. The first-order chi connectivity index (χ1) is 14.7. The number of fused-ring (bicyclic) bond motifs is 1. The summed E-state index contributed by atoms with van der Waals surface area (Å²) in [6.07, 6.45) is -3.10. The van der Waals surface area contributed by atoms with Crippen molar-refractivity contribution in [3.63, 3.8) is 0 Å². The first-order valence-corrected chi connectivity index (χ1v) is 9.81. The minimum absolute atomic E-state index is 0.156. The lowest BCUT2D eigenvalue weighted by Gasteiger charge is -2.32.